The molecule has 0 heterocycles. The van der Waals surface area contributed by atoms with E-state index in [1.54, 1.807) is 7.05 Å². The van der Waals surface area contributed by atoms with E-state index < -0.39 is 0 Å². The average molecular weight is 221 g/mol. The molecule has 0 radical (unpaired) electrons. The van der Waals surface area contributed by atoms with Crippen LogP contribution in [0.5, 0.6) is 0 Å². The number of benzene rings is 1. The Morgan fingerprint density at radius 2 is 2.19 bits per heavy atom. The van der Waals surface area contributed by atoms with Crippen LogP contribution in [-0.4, -0.2) is 26.5 Å². The highest BCUT2D eigenvalue weighted by Crippen LogP contribution is 2.23. The number of nitrogen functional groups attached to an aromatic ring is 1. The van der Waals surface area contributed by atoms with Crippen LogP contribution in [0.25, 0.3) is 0 Å². The van der Waals surface area contributed by atoms with Crippen molar-refractivity contribution < 1.29 is 4.79 Å². The van der Waals surface area contributed by atoms with Crippen molar-refractivity contribution in [2.24, 2.45) is 0 Å². The third-order valence-electron chi connectivity index (χ3n) is 2.55. The maximum Gasteiger partial charge on any atom is 0.221 e. The molecule has 4 heteroatoms. The van der Waals surface area contributed by atoms with Crippen molar-refractivity contribution in [3.8, 4) is 0 Å². The molecule has 0 atom stereocenters. The zero-order valence-electron chi connectivity index (χ0n) is 10.1. The van der Waals surface area contributed by atoms with Crippen LogP contribution in [0, 0.1) is 6.92 Å². The molecule has 16 heavy (non-hydrogen) atoms. The number of nitrogens with one attached hydrogen (secondary N) is 1. The first-order chi connectivity index (χ1) is 7.54. The van der Waals surface area contributed by atoms with Gasteiger partial charge in [0.25, 0.3) is 0 Å². The first-order valence-corrected chi connectivity index (χ1v) is 5.32. The summed E-state index contributed by atoms with van der Waals surface area (Å²) < 4.78 is 0. The summed E-state index contributed by atoms with van der Waals surface area (Å²) in [7, 11) is 3.58. The second kappa shape index (κ2) is 5.39. The maximum absolute atomic E-state index is 11.1. The van der Waals surface area contributed by atoms with Crippen molar-refractivity contribution in [2.45, 2.75) is 13.3 Å². The summed E-state index contributed by atoms with van der Waals surface area (Å²) >= 11 is 0. The van der Waals surface area contributed by atoms with Crippen LogP contribution in [0.15, 0.2) is 18.2 Å². The lowest BCUT2D eigenvalue weighted by Crippen LogP contribution is -2.26. The van der Waals surface area contributed by atoms with E-state index in [2.05, 4.69) is 5.32 Å². The van der Waals surface area contributed by atoms with Gasteiger partial charge in [0.2, 0.25) is 5.91 Å². The highest BCUT2D eigenvalue weighted by molar-refractivity contribution is 5.76. The predicted octanol–water partition coefficient (Wildman–Crippen LogP) is 1.15. The van der Waals surface area contributed by atoms with Crippen molar-refractivity contribution >= 4 is 17.3 Å². The quantitative estimate of drug-likeness (QED) is 0.750. The van der Waals surface area contributed by atoms with E-state index in [-0.39, 0.29) is 5.91 Å². The number of carbonyl (C=O) groups excluding carboxylic acids is 1. The molecular weight excluding hydrogens is 202 g/mol. The van der Waals surface area contributed by atoms with Crippen molar-refractivity contribution in [2.75, 3.05) is 31.3 Å². The van der Waals surface area contributed by atoms with Crippen molar-refractivity contribution in [1.29, 1.82) is 0 Å². The minimum atomic E-state index is 0.0399. The van der Waals surface area contributed by atoms with E-state index in [0.29, 0.717) is 13.0 Å². The molecule has 0 fully saturated rings. The topological polar surface area (TPSA) is 58.4 Å². The molecule has 0 saturated heterocycles. The van der Waals surface area contributed by atoms with Crippen LogP contribution in [0.3, 0.4) is 0 Å². The lowest BCUT2D eigenvalue weighted by Gasteiger charge is -2.21. The first-order valence-electron chi connectivity index (χ1n) is 5.32. The molecule has 0 aromatic heterocycles. The van der Waals surface area contributed by atoms with Crippen LogP contribution < -0.4 is 16.0 Å². The molecule has 0 aliphatic heterocycles. The van der Waals surface area contributed by atoms with Gasteiger partial charge in [0.15, 0.2) is 0 Å². The molecule has 0 aliphatic carbocycles. The Bertz CT molecular complexity index is 377. The summed E-state index contributed by atoms with van der Waals surface area (Å²) in [5, 5.41) is 2.60. The lowest BCUT2D eigenvalue weighted by atomic mass is 10.2. The van der Waals surface area contributed by atoms with Gasteiger partial charge in [0.05, 0.1) is 11.4 Å². The second-order valence-electron chi connectivity index (χ2n) is 3.91. The number of amides is 1. The van der Waals surface area contributed by atoms with Gasteiger partial charge in [-0.05, 0) is 24.6 Å². The number of hydrogen-bond acceptors (Lipinski definition) is 3. The molecule has 1 aromatic carbocycles. The third kappa shape index (κ3) is 3.15. The van der Waals surface area contributed by atoms with Crippen molar-refractivity contribution in [1.82, 2.24) is 5.32 Å². The van der Waals surface area contributed by atoms with Crippen LogP contribution in [0.4, 0.5) is 11.4 Å². The lowest BCUT2D eigenvalue weighted by molar-refractivity contribution is -0.120. The Hall–Kier alpha value is -1.71. The molecule has 0 spiro atoms. The van der Waals surface area contributed by atoms with Crippen LogP contribution in [0.2, 0.25) is 0 Å². The zero-order chi connectivity index (χ0) is 12.1. The van der Waals surface area contributed by atoms with Gasteiger partial charge in [-0.2, -0.15) is 0 Å². The fourth-order valence-electron chi connectivity index (χ4n) is 1.50. The molecule has 0 saturated carbocycles. The molecule has 1 rings (SSSR count). The van der Waals surface area contributed by atoms with E-state index in [4.69, 9.17) is 5.73 Å². The van der Waals surface area contributed by atoms with E-state index >= 15 is 0 Å². The summed E-state index contributed by atoms with van der Waals surface area (Å²) in [4.78, 5) is 13.1. The standard InChI is InChI=1S/C12H19N3O/c1-9-4-5-10(13)11(8-9)15(3)7-6-12(16)14-2/h4-5,8H,6-7,13H2,1-3H3,(H,14,16). The Morgan fingerprint density at radius 3 is 2.81 bits per heavy atom. The molecule has 1 aromatic rings. The van der Waals surface area contributed by atoms with Gasteiger partial charge in [0, 0.05) is 27.1 Å². The summed E-state index contributed by atoms with van der Waals surface area (Å²) in [6.45, 7) is 2.68. The minimum absolute atomic E-state index is 0.0399. The average Bonchev–Trinajstić information content (AvgIpc) is 2.28. The Labute approximate surface area is 96.4 Å². The Kier molecular flexibility index (Phi) is 4.17. The SMILES string of the molecule is CNC(=O)CCN(C)c1cc(C)ccc1N. The largest absolute Gasteiger partial charge is 0.397 e. The van der Waals surface area contributed by atoms with Crippen LogP contribution in [-0.2, 0) is 4.79 Å². The highest BCUT2D eigenvalue weighted by Gasteiger charge is 2.07. The first kappa shape index (κ1) is 12.4. The number of carbonyl (C=O) groups is 1. The Morgan fingerprint density at radius 1 is 1.50 bits per heavy atom. The van der Waals surface area contributed by atoms with Gasteiger partial charge >= 0.3 is 0 Å². The molecule has 4 nitrogen and oxygen atoms in total. The number of aryl methyl sites for hydroxylation is 1. The van der Waals surface area contributed by atoms with Gasteiger partial charge < -0.3 is 16.0 Å². The number of rotatable bonds is 4. The van der Waals surface area contributed by atoms with E-state index in [0.717, 1.165) is 16.9 Å². The zero-order valence-corrected chi connectivity index (χ0v) is 10.1. The van der Waals surface area contributed by atoms with Gasteiger partial charge in [-0.15, -0.1) is 0 Å². The molecule has 0 bridgehead atoms. The maximum atomic E-state index is 11.1. The predicted molar refractivity (Wildman–Crippen MR) is 67.5 cm³/mol. The highest BCUT2D eigenvalue weighted by atomic mass is 16.1. The molecular formula is C12H19N3O. The van der Waals surface area contributed by atoms with E-state index in [1.807, 2.05) is 37.1 Å². The van der Waals surface area contributed by atoms with Gasteiger partial charge in [-0.3, -0.25) is 4.79 Å². The van der Waals surface area contributed by atoms with Crippen LogP contribution in [0.1, 0.15) is 12.0 Å². The number of nitrogens with zero attached hydrogens (tertiary/aromatic N) is 1. The Balaban J connectivity index is 2.68. The molecule has 0 unspecified atom stereocenters. The van der Waals surface area contributed by atoms with Gasteiger partial charge in [-0.1, -0.05) is 6.07 Å². The molecule has 1 amide bonds. The second-order valence-corrected chi connectivity index (χ2v) is 3.91. The fraction of sp³-hybridized carbons (Fsp3) is 0.417. The summed E-state index contributed by atoms with van der Waals surface area (Å²) in [5.74, 6) is 0.0399. The molecule has 88 valence electrons. The number of anilines is 2. The van der Waals surface area contributed by atoms with E-state index in [9.17, 15) is 4.79 Å². The van der Waals surface area contributed by atoms with Crippen molar-refractivity contribution in [3.05, 3.63) is 23.8 Å². The number of hydrogen-bond donors (Lipinski definition) is 2. The molecule has 3 N–H and O–H groups in total. The van der Waals surface area contributed by atoms with Gasteiger partial charge in [-0.25, -0.2) is 0 Å². The fourth-order valence-corrected chi connectivity index (χ4v) is 1.50. The van der Waals surface area contributed by atoms with E-state index in [1.165, 1.54) is 0 Å². The summed E-state index contributed by atoms with van der Waals surface area (Å²) in [5.41, 5.74) is 8.77. The summed E-state index contributed by atoms with van der Waals surface area (Å²) in [6, 6.07) is 5.89. The number of nitrogens with two attached hydrogens (primary N) is 1. The normalized spacial score (nSPS) is 9.94. The smallest absolute Gasteiger partial charge is 0.221 e. The van der Waals surface area contributed by atoms with Crippen LogP contribution >= 0.6 is 0 Å². The molecule has 0 aliphatic rings. The van der Waals surface area contributed by atoms with Crippen molar-refractivity contribution in [3.63, 3.8) is 0 Å². The minimum Gasteiger partial charge on any atom is -0.397 e. The van der Waals surface area contributed by atoms with Gasteiger partial charge in [0.1, 0.15) is 0 Å². The monoisotopic (exact) mass is 221 g/mol. The summed E-state index contributed by atoms with van der Waals surface area (Å²) in [6.07, 6.45) is 0.473. The third-order valence-corrected chi connectivity index (χ3v) is 2.55.